The third-order valence-corrected chi connectivity index (χ3v) is 8.41. The summed E-state index contributed by atoms with van der Waals surface area (Å²) < 4.78 is 15.3. The molecule has 0 saturated carbocycles. The maximum absolute atomic E-state index is 12.8. The summed E-state index contributed by atoms with van der Waals surface area (Å²) in [7, 11) is 0.0307. The van der Waals surface area contributed by atoms with Gasteiger partial charge in [-0.05, 0) is 30.1 Å². The van der Waals surface area contributed by atoms with Gasteiger partial charge in [-0.25, -0.2) is 4.89 Å². The molecule has 6 unspecified atom stereocenters. The Bertz CT molecular complexity index is 681. The minimum Gasteiger partial charge on any atom is -0.463 e. The topological polar surface area (TPSA) is 108 Å². The summed E-state index contributed by atoms with van der Waals surface area (Å²) in [6, 6.07) is 0.916. The van der Waals surface area contributed by atoms with Crippen molar-refractivity contribution in [1.29, 1.82) is 0 Å². The van der Waals surface area contributed by atoms with Crippen molar-refractivity contribution < 1.29 is 38.7 Å². The minimum absolute atomic E-state index is 0.0517. The molecule has 1 N–H and O–H groups in total. The van der Waals surface area contributed by atoms with Crippen LogP contribution in [0.4, 0.5) is 0 Å². The Morgan fingerprint density at radius 2 is 1.76 bits per heavy atom. The van der Waals surface area contributed by atoms with Gasteiger partial charge in [0.2, 0.25) is 0 Å². The van der Waals surface area contributed by atoms with Gasteiger partial charge in [0.15, 0.2) is 0 Å². The highest BCUT2D eigenvalue weighted by molar-refractivity contribution is 6.76. The molecule has 34 heavy (non-hydrogen) atoms. The molecule has 0 aromatic heterocycles. The molecule has 198 valence electrons. The van der Waals surface area contributed by atoms with Gasteiger partial charge < -0.3 is 14.2 Å². The third-order valence-electron chi connectivity index (χ3n) is 6.66. The Kier molecular flexibility index (Phi) is 11.9. The number of methoxy groups -OCH3 is 1. The van der Waals surface area contributed by atoms with E-state index < -0.39 is 49.3 Å². The predicted molar refractivity (Wildman–Crippen MR) is 132 cm³/mol. The maximum Gasteiger partial charge on any atom is 0.317 e. The van der Waals surface area contributed by atoms with Gasteiger partial charge in [0.05, 0.1) is 24.4 Å². The molecule has 0 aromatic carbocycles. The molecular weight excluding hydrogens is 456 g/mol. The Labute approximate surface area is 206 Å². The van der Waals surface area contributed by atoms with E-state index in [0.717, 1.165) is 12.5 Å². The molecule has 1 fully saturated rings. The van der Waals surface area contributed by atoms with E-state index in [4.69, 9.17) is 19.1 Å². The summed E-state index contributed by atoms with van der Waals surface area (Å²) in [6.45, 7) is 16.8. The lowest BCUT2D eigenvalue weighted by atomic mass is 9.71. The number of hydrogen-bond donors (Lipinski definition) is 1. The van der Waals surface area contributed by atoms with Gasteiger partial charge in [0, 0.05) is 15.2 Å². The zero-order valence-corrected chi connectivity index (χ0v) is 23.5. The van der Waals surface area contributed by atoms with Crippen LogP contribution in [0.15, 0.2) is 0 Å². The van der Waals surface area contributed by atoms with E-state index in [-0.39, 0.29) is 30.8 Å². The van der Waals surface area contributed by atoms with Crippen molar-refractivity contribution >= 4 is 26.0 Å². The number of hydrogen-bond acceptors (Lipinski definition) is 8. The second-order valence-electron chi connectivity index (χ2n) is 12.0. The first-order valence-electron chi connectivity index (χ1n) is 12.4. The monoisotopic (exact) mass is 502 g/mol. The summed E-state index contributed by atoms with van der Waals surface area (Å²) in [4.78, 5) is 43.1. The molecule has 0 aromatic rings. The summed E-state index contributed by atoms with van der Waals surface area (Å²) in [6.07, 6.45) is 0.752. The van der Waals surface area contributed by atoms with Crippen LogP contribution in [0.3, 0.4) is 0 Å². The molecule has 0 amide bonds. The zero-order valence-electron chi connectivity index (χ0n) is 22.5. The van der Waals surface area contributed by atoms with Gasteiger partial charge >= 0.3 is 17.9 Å². The van der Waals surface area contributed by atoms with Crippen LogP contribution in [0.1, 0.15) is 53.9 Å². The first-order chi connectivity index (χ1) is 15.7. The van der Waals surface area contributed by atoms with Gasteiger partial charge in [-0.2, -0.15) is 0 Å². The quantitative estimate of drug-likeness (QED) is 0.0902. The highest BCUT2D eigenvalue weighted by Gasteiger charge is 2.50. The van der Waals surface area contributed by atoms with E-state index in [9.17, 15) is 19.6 Å². The lowest BCUT2D eigenvalue weighted by Gasteiger charge is -2.37. The van der Waals surface area contributed by atoms with Crippen molar-refractivity contribution in [2.75, 3.05) is 20.3 Å². The minimum atomic E-state index is -1.50. The Morgan fingerprint density at radius 1 is 1.15 bits per heavy atom. The fourth-order valence-corrected chi connectivity index (χ4v) is 7.28. The molecule has 9 heteroatoms. The Balaban J connectivity index is 3.21. The molecule has 1 aliphatic heterocycles. The highest BCUT2D eigenvalue weighted by Crippen LogP contribution is 2.43. The van der Waals surface area contributed by atoms with Crippen molar-refractivity contribution in [3.8, 4) is 0 Å². The standard InChI is InChI=1S/C25H46O8Si/c1-10-17(15-34(7,8)9)20-19(23(27)32-24(20)28)14-18(21(33-29)25(3,4)5)13-16(2)22(26)31-12-11-30-6/h16-21,29H,10-15H2,1-9H3. The lowest BCUT2D eigenvalue weighted by Crippen LogP contribution is -2.40. The van der Waals surface area contributed by atoms with Crippen molar-refractivity contribution in [3.63, 3.8) is 0 Å². The number of ether oxygens (including phenoxy) is 3. The van der Waals surface area contributed by atoms with Crippen LogP contribution in [0.25, 0.3) is 0 Å². The molecule has 6 atom stereocenters. The lowest BCUT2D eigenvalue weighted by molar-refractivity contribution is -0.314. The van der Waals surface area contributed by atoms with Gasteiger partial charge in [-0.15, -0.1) is 0 Å². The van der Waals surface area contributed by atoms with E-state index in [1.807, 2.05) is 27.7 Å². The van der Waals surface area contributed by atoms with Gasteiger partial charge in [-0.1, -0.05) is 66.7 Å². The van der Waals surface area contributed by atoms with Gasteiger partial charge in [-0.3, -0.25) is 19.6 Å². The van der Waals surface area contributed by atoms with Crippen LogP contribution in [-0.4, -0.2) is 57.7 Å². The number of cyclic esters (lactones) is 2. The van der Waals surface area contributed by atoms with Crippen LogP contribution in [-0.2, 0) is 33.5 Å². The van der Waals surface area contributed by atoms with Crippen molar-refractivity contribution in [1.82, 2.24) is 0 Å². The normalized spacial score (nSPS) is 22.8. The second-order valence-corrected chi connectivity index (χ2v) is 17.5. The number of carbonyl (C=O) groups is 3. The zero-order chi connectivity index (χ0) is 26.3. The van der Waals surface area contributed by atoms with E-state index in [2.05, 4.69) is 19.6 Å². The molecule has 8 nitrogen and oxygen atoms in total. The third kappa shape index (κ3) is 9.05. The summed E-state index contributed by atoms with van der Waals surface area (Å²) in [5, 5.41) is 9.81. The van der Waals surface area contributed by atoms with Crippen molar-refractivity contribution in [2.24, 2.45) is 35.0 Å². The molecule has 0 spiro atoms. The number of esters is 3. The van der Waals surface area contributed by atoms with E-state index in [1.54, 1.807) is 6.92 Å². The summed E-state index contributed by atoms with van der Waals surface area (Å²) in [5.74, 6) is -3.30. The largest absolute Gasteiger partial charge is 0.463 e. The Hall–Kier alpha value is -1.29. The van der Waals surface area contributed by atoms with E-state index in [0.29, 0.717) is 13.0 Å². The average molecular weight is 503 g/mol. The van der Waals surface area contributed by atoms with Crippen molar-refractivity contribution in [2.45, 2.75) is 85.7 Å². The molecule has 0 radical (unpaired) electrons. The maximum atomic E-state index is 12.8. The molecule has 1 rings (SSSR count). The molecule has 1 aliphatic rings. The van der Waals surface area contributed by atoms with Crippen LogP contribution in [0, 0.1) is 35.0 Å². The fraction of sp³-hybridized carbons (Fsp3) is 0.880. The van der Waals surface area contributed by atoms with Crippen LogP contribution < -0.4 is 0 Å². The molecule has 1 saturated heterocycles. The molecule has 0 bridgehead atoms. The first kappa shape index (κ1) is 30.7. The van der Waals surface area contributed by atoms with Crippen molar-refractivity contribution in [3.05, 3.63) is 0 Å². The fourth-order valence-electron chi connectivity index (χ4n) is 5.17. The second kappa shape index (κ2) is 13.1. The van der Waals surface area contributed by atoms with Gasteiger partial charge in [0.1, 0.15) is 12.7 Å². The molecule has 1 heterocycles. The van der Waals surface area contributed by atoms with E-state index in [1.165, 1.54) is 7.11 Å². The molecular formula is C25H46O8Si. The molecule has 0 aliphatic carbocycles. The highest BCUT2D eigenvalue weighted by atomic mass is 28.3. The first-order valence-corrected chi connectivity index (χ1v) is 16.1. The van der Waals surface area contributed by atoms with E-state index >= 15 is 0 Å². The predicted octanol–water partition coefficient (Wildman–Crippen LogP) is 4.79. The van der Waals surface area contributed by atoms with Crippen LogP contribution >= 0.6 is 0 Å². The SMILES string of the molecule is CCC(C[Si](C)(C)C)C1C(=O)OC(=O)C1CC(CC(C)C(=O)OCCOC)C(OO)C(C)(C)C. The van der Waals surface area contributed by atoms with Crippen LogP contribution in [0.5, 0.6) is 0 Å². The summed E-state index contributed by atoms with van der Waals surface area (Å²) >= 11 is 0. The Morgan fingerprint density at radius 3 is 2.24 bits per heavy atom. The number of carbonyl (C=O) groups excluding carboxylic acids is 3. The summed E-state index contributed by atoms with van der Waals surface area (Å²) in [5.41, 5.74) is -0.469. The number of rotatable bonds is 14. The smallest absolute Gasteiger partial charge is 0.317 e. The van der Waals surface area contributed by atoms with Gasteiger partial charge in [0.25, 0.3) is 0 Å². The van der Waals surface area contributed by atoms with Crippen LogP contribution in [0.2, 0.25) is 25.7 Å². The average Bonchev–Trinajstić information content (AvgIpc) is 2.97.